The predicted octanol–water partition coefficient (Wildman–Crippen LogP) is 8.24. The quantitative estimate of drug-likeness (QED) is 0.194. The molecule has 3 aromatic carbocycles. The maximum Gasteiger partial charge on any atom is 0.0476 e. The minimum absolute atomic E-state index is 0.781. The Morgan fingerprint density at radius 1 is 1.03 bits per heavy atom. The lowest BCUT2D eigenvalue weighted by molar-refractivity contribution is 0.963. The van der Waals surface area contributed by atoms with Gasteiger partial charge in [0, 0.05) is 44.5 Å². The number of fused-ring (bicyclic) bond motifs is 3. The van der Waals surface area contributed by atoms with Crippen LogP contribution in [-0.4, -0.2) is 0 Å². The average molecular weight is 430 g/mol. The topological polar surface area (TPSA) is 3.24 Å². The lowest BCUT2D eigenvalue weighted by atomic mass is 10.1. The summed E-state index contributed by atoms with van der Waals surface area (Å²) in [5, 5.41) is 1.29. The van der Waals surface area contributed by atoms with Crippen LogP contribution in [0.3, 0.4) is 0 Å². The number of thiophene rings is 1. The molecule has 1 aliphatic carbocycles. The molecule has 0 unspecified atom stereocenters. The highest BCUT2D eigenvalue weighted by Crippen LogP contribution is 2.39. The zero-order valence-corrected chi connectivity index (χ0v) is 18.8. The van der Waals surface area contributed by atoms with Gasteiger partial charge in [-0.05, 0) is 54.0 Å². The summed E-state index contributed by atoms with van der Waals surface area (Å²) in [6, 6.07) is 25.5. The molecule has 0 radical (unpaired) electrons. The van der Waals surface area contributed by atoms with E-state index in [0.29, 0.717) is 0 Å². The van der Waals surface area contributed by atoms with E-state index in [2.05, 4.69) is 109 Å². The van der Waals surface area contributed by atoms with Crippen LogP contribution in [0.2, 0.25) is 0 Å². The van der Waals surface area contributed by atoms with Crippen molar-refractivity contribution in [2.24, 2.45) is 0 Å². The Morgan fingerprint density at radius 3 is 2.53 bits per heavy atom. The third-order valence-electron chi connectivity index (χ3n) is 5.72. The highest BCUT2D eigenvalue weighted by molar-refractivity contribution is 7.20. The Morgan fingerprint density at radius 2 is 1.78 bits per heavy atom. The normalized spacial score (nSPS) is 11.8. The van der Waals surface area contributed by atoms with Gasteiger partial charge < -0.3 is 4.90 Å². The lowest BCUT2D eigenvalue weighted by Crippen LogP contribution is -2.16. The monoisotopic (exact) mass is 429 g/mol. The fourth-order valence-corrected chi connectivity index (χ4v) is 5.23. The second kappa shape index (κ2) is 8.75. The summed E-state index contributed by atoms with van der Waals surface area (Å²) < 4.78 is 1.32. The Labute approximate surface area is 193 Å². The van der Waals surface area contributed by atoms with E-state index in [1.165, 1.54) is 37.3 Å². The lowest BCUT2D eigenvalue weighted by Gasteiger charge is -2.23. The molecular formula is C30H23NS. The van der Waals surface area contributed by atoms with Gasteiger partial charge in [-0.15, -0.1) is 22.8 Å². The summed E-state index contributed by atoms with van der Waals surface area (Å²) >= 11 is 1.84. The first kappa shape index (κ1) is 20.1. The Kier molecular flexibility index (Phi) is 5.50. The van der Waals surface area contributed by atoms with Crippen LogP contribution in [0, 0.1) is 6.92 Å². The molecule has 1 heterocycles. The number of anilines is 1. The van der Waals surface area contributed by atoms with Gasteiger partial charge >= 0.3 is 0 Å². The van der Waals surface area contributed by atoms with E-state index in [-0.39, 0.29) is 0 Å². The molecule has 0 fully saturated rings. The number of nitrogens with zero attached hydrogens (tertiary/aromatic N) is 1. The summed E-state index contributed by atoms with van der Waals surface area (Å²) in [5.41, 5.74) is 13.4. The third kappa shape index (κ3) is 3.91. The molecule has 2 heteroatoms. The largest absolute Gasteiger partial charge is 0.343 e. The smallest absolute Gasteiger partial charge is 0.0476 e. The van der Waals surface area contributed by atoms with E-state index in [9.17, 15) is 0 Å². The summed E-state index contributed by atoms with van der Waals surface area (Å²) in [7, 11) is 0. The van der Waals surface area contributed by atoms with Crippen molar-refractivity contribution in [3.63, 3.8) is 0 Å². The average Bonchev–Trinajstić information content (AvgIpc) is 3.41. The molecule has 0 aliphatic heterocycles. The first-order valence-corrected chi connectivity index (χ1v) is 11.5. The van der Waals surface area contributed by atoms with E-state index in [0.717, 1.165) is 17.7 Å². The Bertz CT molecular complexity index is 1420. The number of rotatable bonds is 6. The third-order valence-corrected chi connectivity index (χ3v) is 6.83. The van der Waals surface area contributed by atoms with E-state index in [1.54, 1.807) is 0 Å². The fraction of sp³-hybridized carbons (Fsp3) is 0.0667. The molecule has 0 amide bonds. The second-order valence-electron chi connectivity index (χ2n) is 7.86. The van der Waals surface area contributed by atoms with Crippen molar-refractivity contribution in [1.29, 1.82) is 0 Å². The van der Waals surface area contributed by atoms with E-state index in [4.69, 9.17) is 0 Å². The van der Waals surface area contributed by atoms with Gasteiger partial charge in [0.15, 0.2) is 0 Å². The molecule has 5 rings (SSSR count). The number of aryl methyl sites for hydroxylation is 1. The van der Waals surface area contributed by atoms with Crippen molar-refractivity contribution >= 4 is 44.8 Å². The minimum Gasteiger partial charge on any atom is -0.343 e. The van der Waals surface area contributed by atoms with E-state index >= 15 is 0 Å². The van der Waals surface area contributed by atoms with Crippen LogP contribution < -0.4 is 4.90 Å². The number of hydrogen-bond donors (Lipinski definition) is 0. The molecule has 0 spiro atoms. The van der Waals surface area contributed by atoms with Gasteiger partial charge in [0.2, 0.25) is 0 Å². The van der Waals surface area contributed by atoms with Gasteiger partial charge in [-0.25, -0.2) is 0 Å². The molecule has 0 saturated carbocycles. The summed E-state index contributed by atoms with van der Waals surface area (Å²) in [6.45, 7) is 6.89. The van der Waals surface area contributed by atoms with Crippen LogP contribution in [0.1, 0.15) is 27.1 Å². The SMILES string of the molecule is C=C=C(/C=C\N(Cc1ccccc1)c1cc2c3c(sc2cc1C)C=C=C3)c1ccccc1. The minimum atomic E-state index is 0.781. The molecule has 1 nitrogen and oxygen atoms in total. The van der Waals surface area contributed by atoms with Crippen LogP contribution in [0.4, 0.5) is 5.69 Å². The second-order valence-corrected chi connectivity index (χ2v) is 8.94. The Balaban J connectivity index is 1.58. The zero-order valence-electron chi connectivity index (χ0n) is 18.0. The summed E-state index contributed by atoms with van der Waals surface area (Å²) in [4.78, 5) is 3.61. The number of benzene rings is 3. The molecule has 32 heavy (non-hydrogen) atoms. The maximum atomic E-state index is 3.92. The summed E-state index contributed by atoms with van der Waals surface area (Å²) in [6.07, 6.45) is 8.44. The molecule has 0 atom stereocenters. The van der Waals surface area contributed by atoms with Gasteiger partial charge in [0.25, 0.3) is 0 Å². The van der Waals surface area contributed by atoms with Gasteiger partial charge in [0.1, 0.15) is 0 Å². The molecule has 1 aliphatic rings. The number of allylic oxidation sites excluding steroid dienone is 2. The Hall–Kier alpha value is -3.80. The van der Waals surface area contributed by atoms with E-state index in [1.807, 2.05) is 29.5 Å². The van der Waals surface area contributed by atoms with Gasteiger partial charge in [0.05, 0.1) is 0 Å². The van der Waals surface area contributed by atoms with Crippen molar-refractivity contribution in [3.8, 4) is 0 Å². The fourth-order valence-electron chi connectivity index (χ4n) is 4.08. The zero-order chi connectivity index (χ0) is 21.9. The molecule has 1 aromatic heterocycles. The molecule has 4 aromatic rings. The van der Waals surface area contributed by atoms with Gasteiger partial charge in [-0.1, -0.05) is 67.2 Å². The molecule has 154 valence electrons. The first-order chi connectivity index (χ1) is 15.7. The highest BCUT2D eigenvalue weighted by Gasteiger charge is 2.16. The summed E-state index contributed by atoms with van der Waals surface area (Å²) in [5.74, 6) is 0. The first-order valence-electron chi connectivity index (χ1n) is 10.7. The molecule has 0 bridgehead atoms. The van der Waals surface area contributed by atoms with Crippen LogP contribution in [0.15, 0.2) is 103 Å². The highest BCUT2D eigenvalue weighted by atomic mass is 32.1. The van der Waals surface area contributed by atoms with Crippen molar-refractivity contribution in [2.75, 3.05) is 4.90 Å². The van der Waals surface area contributed by atoms with E-state index < -0.39 is 0 Å². The molecule has 0 saturated heterocycles. The van der Waals surface area contributed by atoms with Crippen LogP contribution in [-0.2, 0) is 6.54 Å². The molecular weight excluding hydrogens is 406 g/mol. The standard InChI is InChI=1S/C30H23NS/c1-3-24(25-13-8-5-9-14-25)17-18-31(21-23-11-6-4-7-12-23)28-20-27-26-15-10-16-29(26)32-30(27)19-22(28)2/h4-9,11-20H,1,21H2,2H3/b18-17-. The van der Waals surface area contributed by atoms with Gasteiger partial charge in [-0.3, -0.25) is 0 Å². The predicted molar refractivity (Wildman–Crippen MR) is 140 cm³/mol. The van der Waals surface area contributed by atoms with Crippen molar-refractivity contribution < 1.29 is 0 Å². The number of hydrogen-bond acceptors (Lipinski definition) is 2. The maximum absolute atomic E-state index is 3.92. The van der Waals surface area contributed by atoms with Crippen molar-refractivity contribution in [2.45, 2.75) is 13.5 Å². The van der Waals surface area contributed by atoms with Crippen LogP contribution in [0.5, 0.6) is 0 Å². The van der Waals surface area contributed by atoms with Gasteiger partial charge in [-0.2, -0.15) is 0 Å². The van der Waals surface area contributed by atoms with Crippen LogP contribution in [0.25, 0.3) is 27.8 Å². The van der Waals surface area contributed by atoms with Crippen molar-refractivity contribution in [1.82, 2.24) is 0 Å². The molecule has 0 N–H and O–H groups in total. The van der Waals surface area contributed by atoms with Crippen molar-refractivity contribution in [3.05, 3.63) is 130 Å². The van der Waals surface area contributed by atoms with Crippen LogP contribution >= 0.6 is 11.3 Å².